The number of alkyl halides is 1. The number of nitrogens with zero attached hydrogens (tertiary/aromatic N) is 1. The molecule has 1 aromatic heterocycles. The predicted octanol–water partition coefficient (Wildman–Crippen LogP) is 3.93. The molecule has 0 bridgehead atoms. The van der Waals surface area contributed by atoms with E-state index in [2.05, 4.69) is 4.37 Å². The fourth-order valence-electron chi connectivity index (χ4n) is 0.830. The normalized spacial score (nSPS) is 22.6. The lowest BCUT2D eigenvalue weighted by Gasteiger charge is -1.93. The summed E-state index contributed by atoms with van der Waals surface area (Å²) in [6.07, 6.45) is 0. The van der Waals surface area contributed by atoms with Crippen molar-refractivity contribution >= 4 is 60.7 Å². The number of allylic oxidation sites excluding steroid dienone is 1. The Bertz CT molecular complexity index is 332. The molecule has 1 unspecified atom stereocenters. The zero-order valence-electron chi connectivity index (χ0n) is 4.97. The van der Waals surface area contributed by atoms with Gasteiger partial charge in [-0.05, 0) is 0 Å². The third kappa shape index (κ3) is 1.11. The molecule has 0 radical (unpaired) electrons. The summed E-state index contributed by atoms with van der Waals surface area (Å²) in [6.45, 7) is 0. The van der Waals surface area contributed by atoms with Gasteiger partial charge in [0, 0.05) is 0 Å². The van der Waals surface area contributed by atoms with Crippen molar-refractivity contribution in [3.05, 3.63) is 15.6 Å². The molecule has 1 atom stereocenters. The van der Waals surface area contributed by atoms with Gasteiger partial charge in [-0.1, -0.05) is 23.2 Å². The Labute approximate surface area is 85.8 Å². The summed E-state index contributed by atoms with van der Waals surface area (Å²) < 4.78 is 4.10. The summed E-state index contributed by atoms with van der Waals surface area (Å²) in [5.41, 5.74) is 0.802. The molecular weight excluding hydrogens is 245 g/mol. The van der Waals surface area contributed by atoms with Crippen LogP contribution in [0, 0.1) is 0 Å². The molecule has 58 valence electrons. The van der Waals surface area contributed by atoms with E-state index in [0.29, 0.717) is 10.1 Å². The van der Waals surface area contributed by atoms with E-state index in [1.165, 1.54) is 20.9 Å². The Morgan fingerprint density at radius 3 is 2.82 bits per heavy atom. The quantitative estimate of drug-likeness (QED) is 0.383. The lowest BCUT2D eigenvalue weighted by molar-refractivity contribution is 1.16. The first-order valence-electron chi connectivity index (χ1n) is 2.70. The zero-order valence-corrected chi connectivity index (χ0v) is 8.88. The summed E-state index contributed by atoms with van der Waals surface area (Å²) in [4.78, 5) is 0.918. The Hall–Kier alpha value is 0.590. The second-order valence-corrected chi connectivity index (χ2v) is 5.06. The van der Waals surface area contributed by atoms with Crippen molar-refractivity contribution in [2.24, 2.45) is 0 Å². The van der Waals surface area contributed by atoms with E-state index >= 15 is 0 Å². The lowest BCUT2D eigenvalue weighted by Crippen LogP contribution is -1.83. The smallest absolute Gasteiger partial charge is 0.137 e. The second-order valence-electron chi connectivity index (χ2n) is 1.99. The molecule has 2 rings (SSSR count). The van der Waals surface area contributed by atoms with Crippen LogP contribution in [0.5, 0.6) is 0 Å². The van der Waals surface area contributed by atoms with E-state index < -0.39 is 0 Å². The molecule has 0 fully saturated rings. The van der Waals surface area contributed by atoms with Gasteiger partial charge >= 0.3 is 10.3 Å². The van der Waals surface area contributed by atoms with Crippen LogP contribution in [0.25, 0.3) is 5.03 Å². The Kier molecular flexibility index (Phi) is 2.10. The Morgan fingerprint density at radius 2 is 2.18 bits per heavy atom. The molecule has 1 aromatic rings. The van der Waals surface area contributed by atoms with E-state index in [1.54, 1.807) is 0 Å². The summed E-state index contributed by atoms with van der Waals surface area (Å²) >= 11 is 17.6. The first-order valence-corrected chi connectivity index (χ1v) is 6.00. The van der Waals surface area contributed by atoms with Gasteiger partial charge in [0.1, 0.15) is 16.1 Å². The third-order valence-electron chi connectivity index (χ3n) is 1.36. The van der Waals surface area contributed by atoms with E-state index in [4.69, 9.17) is 34.8 Å². The van der Waals surface area contributed by atoms with Crippen LogP contribution >= 0.6 is 55.7 Å². The fraction of sp³-hybridized carbons (Fsp3) is 0.200. The molecule has 0 aliphatic heterocycles. The van der Waals surface area contributed by atoms with Gasteiger partial charge in [0.05, 0.1) is 5.03 Å². The maximum absolute atomic E-state index is 5.91. The molecule has 1 aliphatic carbocycles. The summed E-state index contributed by atoms with van der Waals surface area (Å²) in [6, 6.07) is 0. The summed E-state index contributed by atoms with van der Waals surface area (Å²) in [7, 11) is 2.88. The lowest BCUT2D eigenvalue weighted by atomic mass is 10.4. The number of halogens is 3. The number of fused-ring (bicyclic) bond motifs is 1. The molecule has 0 N–H and O–H groups in total. The van der Waals surface area contributed by atoms with Crippen molar-refractivity contribution in [2.75, 3.05) is 0 Å². The SMILES string of the molecule is ClC1=C(Cl)C(Cl)c2ns[s+]c21. The summed E-state index contributed by atoms with van der Waals surface area (Å²) in [5, 5.41) is 0.719. The third-order valence-corrected chi connectivity index (χ3v) is 4.78. The minimum atomic E-state index is -0.332. The van der Waals surface area contributed by atoms with Gasteiger partial charge in [-0.15, -0.1) is 16.0 Å². The van der Waals surface area contributed by atoms with Gasteiger partial charge in [-0.3, -0.25) is 0 Å². The van der Waals surface area contributed by atoms with Gasteiger partial charge < -0.3 is 0 Å². The fourth-order valence-corrected chi connectivity index (χ4v) is 3.95. The highest BCUT2D eigenvalue weighted by atomic mass is 35.5. The maximum Gasteiger partial charge on any atom is 0.324 e. The molecule has 6 heteroatoms. The van der Waals surface area contributed by atoms with Crippen LogP contribution < -0.4 is 0 Å². The molecule has 1 heterocycles. The monoisotopic (exact) mass is 244 g/mol. The van der Waals surface area contributed by atoms with Gasteiger partial charge in [-0.2, -0.15) is 0 Å². The number of aromatic nitrogens is 1. The van der Waals surface area contributed by atoms with Crippen LogP contribution in [0.15, 0.2) is 5.03 Å². The van der Waals surface area contributed by atoms with Gasteiger partial charge in [0.2, 0.25) is 0 Å². The van der Waals surface area contributed by atoms with E-state index in [-0.39, 0.29) is 5.38 Å². The van der Waals surface area contributed by atoms with Gasteiger partial charge in [-0.25, -0.2) is 0 Å². The number of hydrogen-bond acceptors (Lipinski definition) is 2. The minimum absolute atomic E-state index is 0.332. The Balaban J connectivity index is 2.64. The molecule has 1 nitrogen and oxygen atoms in total. The first kappa shape index (κ1) is 8.20. The average Bonchev–Trinajstić information content (AvgIpc) is 2.53. The van der Waals surface area contributed by atoms with E-state index in [0.717, 1.165) is 10.6 Å². The highest BCUT2D eigenvalue weighted by molar-refractivity contribution is 7.67. The first-order chi connectivity index (χ1) is 5.22. The highest BCUT2D eigenvalue weighted by Gasteiger charge is 2.38. The number of hydrogen-bond donors (Lipinski definition) is 0. The molecular formula is C5HCl3NS2+. The minimum Gasteiger partial charge on any atom is -0.137 e. The zero-order chi connectivity index (χ0) is 8.01. The van der Waals surface area contributed by atoms with Crippen molar-refractivity contribution in [3.8, 4) is 0 Å². The number of rotatable bonds is 0. The molecule has 0 saturated heterocycles. The predicted molar refractivity (Wildman–Crippen MR) is 51.6 cm³/mol. The van der Waals surface area contributed by atoms with Crippen LogP contribution in [0.4, 0.5) is 0 Å². The van der Waals surface area contributed by atoms with Gasteiger partial charge in [0.15, 0.2) is 0 Å². The van der Waals surface area contributed by atoms with Crippen molar-refractivity contribution in [3.63, 3.8) is 0 Å². The van der Waals surface area contributed by atoms with Crippen LogP contribution in [0.1, 0.15) is 15.9 Å². The molecule has 0 spiro atoms. The van der Waals surface area contributed by atoms with Crippen LogP contribution in [-0.2, 0) is 0 Å². The standard InChI is InChI=1S/C5HCl3NS2/c6-1-2(7)4-5(3(1)8)10-11-9-4/h2H/q+1. The topological polar surface area (TPSA) is 12.9 Å². The van der Waals surface area contributed by atoms with Crippen LogP contribution in [0.3, 0.4) is 0 Å². The molecule has 0 aromatic carbocycles. The van der Waals surface area contributed by atoms with Crippen molar-refractivity contribution < 1.29 is 0 Å². The van der Waals surface area contributed by atoms with E-state index in [9.17, 15) is 0 Å². The molecule has 11 heavy (non-hydrogen) atoms. The second kappa shape index (κ2) is 2.82. The van der Waals surface area contributed by atoms with Crippen LogP contribution in [0.2, 0.25) is 0 Å². The van der Waals surface area contributed by atoms with Crippen molar-refractivity contribution in [1.29, 1.82) is 0 Å². The average molecular weight is 246 g/mol. The summed E-state index contributed by atoms with van der Waals surface area (Å²) in [5.74, 6) is 0. The van der Waals surface area contributed by atoms with Crippen molar-refractivity contribution in [1.82, 2.24) is 4.37 Å². The van der Waals surface area contributed by atoms with Crippen LogP contribution in [-0.4, -0.2) is 4.37 Å². The highest BCUT2D eigenvalue weighted by Crippen LogP contribution is 2.49. The maximum atomic E-state index is 5.91. The molecule has 0 amide bonds. The van der Waals surface area contributed by atoms with Crippen molar-refractivity contribution in [2.45, 2.75) is 5.38 Å². The van der Waals surface area contributed by atoms with E-state index in [1.807, 2.05) is 0 Å². The molecule has 1 aliphatic rings. The molecule has 0 saturated carbocycles. The largest absolute Gasteiger partial charge is 0.324 e. The Morgan fingerprint density at radius 1 is 1.45 bits per heavy atom. The van der Waals surface area contributed by atoms with Gasteiger partial charge in [0.25, 0.3) is 15.4 Å².